The predicted octanol–water partition coefficient (Wildman–Crippen LogP) is 11.4. The maximum absolute atomic E-state index is 5.95. The lowest BCUT2D eigenvalue weighted by atomic mass is 9.96. The summed E-state index contributed by atoms with van der Waals surface area (Å²) < 4.78 is 60.8. The van der Waals surface area contributed by atoms with E-state index in [4.69, 9.17) is 45.5 Å². The molecule has 0 unspecified atom stereocenters. The third kappa shape index (κ3) is 21.5. The Kier molecular flexibility index (Phi) is 24.8. The van der Waals surface area contributed by atoms with Crippen molar-refractivity contribution in [3.8, 4) is 22.3 Å². The van der Waals surface area contributed by atoms with E-state index in [-0.39, 0.29) is 0 Å². The van der Waals surface area contributed by atoms with Crippen molar-refractivity contribution < 1.29 is 45.5 Å². The zero-order valence-electron chi connectivity index (χ0n) is 53.8. The average Bonchev–Trinajstić information content (AvgIpc) is 0.885. The molecule has 0 aliphatic rings. The highest BCUT2D eigenvalue weighted by Crippen LogP contribution is 2.29. The van der Waals surface area contributed by atoms with E-state index in [0.717, 1.165) is 113 Å². The van der Waals surface area contributed by atoms with Gasteiger partial charge in [0.15, 0.2) is 0 Å². The van der Waals surface area contributed by atoms with E-state index in [1.807, 2.05) is 94.6 Å². The van der Waals surface area contributed by atoms with Crippen LogP contribution in [0.25, 0.3) is 22.3 Å². The van der Waals surface area contributed by atoms with Crippen LogP contribution in [0.2, 0.25) is 0 Å². The SMILES string of the molecule is c1coc(CNCc2cc(CNCc3ccco3)cc(-c3cc(CNCc4ccco4)cc(Cn4cc(COCCOCCOCCOCc5cn(Cc6cc(CNCc7ccco7)cc(-c7cc(CNCc8ccco8)cc(CNCc8ccco8)c7)c6)nn5)nn4)c3)c2)c1. The molecule has 22 heteroatoms. The van der Waals surface area contributed by atoms with Gasteiger partial charge in [0.2, 0.25) is 0 Å². The van der Waals surface area contributed by atoms with Crippen molar-refractivity contribution in [2.75, 3.05) is 39.6 Å². The van der Waals surface area contributed by atoms with Gasteiger partial charge in [-0.15, -0.1) is 10.2 Å². The fourth-order valence-corrected chi connectivity index (χ4v) is 11.2. The largest absolute Gasteiger partial charge is 0.468 e. The minimum Gasteiger partial charge on any atom is -0.468 e. The highest BCUT2D eigenvalue weighted by molar-refractivity contribution is 5.68. The molecule has 0 aliphatic heterocycles. The topological polar surface area (TPSA) is 249 Å². The van der Waals surface area contributed by atoms with Crippen LogP contribution >= 0.6 is 0 Å². The molecule has 96 heavy (non-hydrogen) atoms. The molecular weight excluding hydrogens is 1220 g/mol. The molecule has 0 aliphatic carbocycles. The van der Waals surface area contributed by atoms with Gasteiger partial charge in [-0.2, -0.15) is 0 Å². The first kappa shape index (κ1) is 66.5. The Bertz CT molecular complexity index is 3740. The van der Waals surface area contributed by atoms with E-state index in [1.54, 1.807) is 37.6 Å². The zero-order valence-corrected chi connectivity index (χ0v) is 53.8. The normalized spacial score (nSPS) is 11.6. The summed E-state index contributed by atoms with van der Waals surface area (Å²) in [7, 11) is 0. The smallest absolute Gasteiger partial charge is 0.117 e. The maximum atomic E-state index is 5.95. The van der Waals surface area contributed by atoms with Crippen molar-refractivity contribution in [1.29, 1.82) is 0 Å². The summed E-state index contributed by atoms with van der Waals surface area (Å²) in [4.78, 5) is 0. The van der Waals surface area contributed by atoms with Crippen LogP contribution in [-0.2, 0) is 124 Å². The number of hydrogen-bond acceptors (Lipinski definition) is 20. The number of rotatable bonds is 43. The van der Waals surface area contributed by atoms with Gasteiger partial charge < -0.3 is 77.4 Å². The number of hydrogen-bond donors (Lipinski definition) is 6. The Balaban J connectivity index is 0.583. The fourth-order valence-electron chi connectivity index (χ4n) is 11.2. The number of aromatic nitrogens is 6. The summed E-state index contributed by atoms with van der Waals surface area (Å²) in [6.07, 6.45) is 14.0. The van der Waals surface area contributed by atoms with Gasteiger partial charge in [-0.1, -0.05) is 34.7 Å². The van der Waals surface area contributed by atoms with Gasteiger partial charge in [0.1, 0.15) is 45.9 Å². The molecule has 0 amide bonds. The fraction of sp³-hybridized carbons (Fsp3) is 0.297. The molecule has 6 N–H and O–H groups in total. The Labute approximate surface area is 557 Å². The standard InChI is InChI=1S/C74H82N12O10/c1-7-69(91-13-1)43-75-37-55-25-56(38-76-44-70-8-2-14-92-70)30-63(29-55)65-33-59(41-79-47-73-11-5-17-95-73)27-61(35-65)49-85-51-67(81-83-85)53-89-23-21-87-19-20-88-22-24-90-54-68-52-86(84-82-68)50-62-28-60(42-80-48-74-12-6-18-96-74)34-66(36-62)64-31-57(39-77-45-71-9-3-15-93-71)26-58(32-64)40-78-46-72-10-4-16-94-72/h1-18,25-36,51-52,75-80H,19-24,37-50,53-54H2. The number of ether oxygens (including phenoxy) is 4. The second kappa shape index (κ2) is 35.8. The summed E-state index contributed by atoms with van der Waals surface area (Å²) in [6, 6.07) is 50.2. The first-order valence-electron chi connectivity index (χ1n) is 32.5. The Hall–Kier alpha value is -9.56. The van der Waals surface area contributed by atoms with Crippen molar-refractivity contribution in [1.82, 2.24) is 61.9 Å². The van der Waals surface area contributed by atoms with Crippen LogP contribution in [0.4, 0.5) is 0 Å². The van der Waals surface area contributed by atoms with Gasteiger partial charge in [-0.25, -0.2) is 9.36 Å². The summed E-state index contributed by atoms with van der Waals surface area (Å²) in [5.74, 6) is 5.32. The van der Waals surface area contributed by atoms with Crippen LogP contribution in [0.1, 0.15) is 90.5 Å². The van der Waals surface area contributed by atoms with Crippen molar-refractivity contribution in [2.24, 2.45) is 0 Å². The highest BCUT2D eigenvalue weighted by atomic mass is 16.6. The van der Waals surface area contributed by atoms with E-state index in [9.17, 15) is 0 Å². The van der Waals surface area contributed by atoms with E-state index in [2.05, 4.69) is 125 Å². The summed E-state index contributed by atoms with van der Waals surface area (Å²) in [5.41, 5.74) is 15.0. The number of nitrogens with zero attached hydrogens (tertiary/aromatic N) is 6. The lowest BCUT2D eigenvalue weighted by molar-refractivity contribution is -0.00679. The lowest BCUT2D eigenvalue weighted by Gasteiger charge is -2.15. The molecule has 0 spiro atoms. The van der Waals surface area contributed by atoms with Gasteiger partial charge >= 0.3 is 0 Å². The van der Waals surface area contributed by atoms with Gasteiger partial charge in [-0.3, -0.25) is 0 Å². The summed E-state index contributed by atoms with van der Waals surface area (Å²) >= 11 is 0. The van der Waals surface area contributed by atoms with Crippen LogP contribution < -0.4 is 31.9 Å². The molecule has 0 saturated carbocycles. The first-order valence-corrected chi connectivity index (χ1v) is 32.5. The van der Waals surface area contributed by atoms with Gasteiger partial charge in [-0.05, 0) is 188 Å². The van der Waals surface area contributed by atoms with Crippen molar-refractivity contribution in [3.05, 3.63) is 286 Å². The van der Waals surface area contributed by atoms with Crippen molar-refractivity contribution in [3.63, 3.8) is 0 Å². The molecule has 8 aromatic heterocycles. The molecule has 12 aromatic rings. The van der Waals surface area contributed by atoms with E-state index in [0.29, 0.717) is 144 Å². The second-order valence-electron chi connectivity index (χ2n) is 23.4. The van der Waals surface area contributed by atoms with E-state index in [1.165, 1.54) is 0 Å². The molecule has 0 saturated heterocycles. The number of nitrogens with one attached hydrogen (secondary N) is 6. The molecule has 0 radical (unpaired) electrons. The van der Waals surface area contributed by atoms with E-state index >= 15 is 0 Å². The molecule has 8 heterocycles. The van der Waals surface area contributed by atoms with Gasteiger partial charge in [0, 0.05) is 39.3 Å². The summed E-state index contributed by atoms with van der Waals surface area (Å²) in [5, 5.41) is 39.1. The van der Waals surface area contributed by atoms with Gasteiger partial charge in [0.05, 0.1) is 155 Å². The number of benzene rings is 4. The Morgan fingerprint density at radius 3 is 0.771 bits per heavy atom. The molecule has 12 rings (SSSR count). The zero-order chi connectivity index (χ0) is 65.0. The maximum Gasteiger partial charge on any atom is 0.117 e. The predicted molar refractivity (Wildman–Crippen MR) is 358 cm³/mol. The quantitative estimate of drug-likeness (QED) is 0.0194. The molecule has 0 fully saturated rings. The van der Waals surface area contributed by atoms with Gasteiger partial charge in [0.25, 0.3) is 0 Å². The van der Waals surface area contributed by atoms with E-state index < -0.39 is 0 Å². The molecule has 0 bridgehead atoms. The van der Waals surface area contributed by atoms with Crippen LogP contribution in [-0.4, -0.2) is 69.6 Å². The molecule has 22 nitrogen and oxygen atoms in total. The molecular formula is C74H82N12O10. The highest BCUT2D eigenvalue weighted by Gasteiger charge is 2.14. The van der Waals surface area contributed by atoms with Crippen LogP contribution in [0.5, 0.6) is 0 Å². The van der Waals surface area contributed by atoms with Crippen LogP contribution in [0.15, 0.2) is 222 Å². The monoisotopic (exact) mass is 1300 g/mol. The van der Waals surface area contributed by atoms with Crippen LogP contribution in [0.3, 0.4) is 0 Å². The Morgan fingerprint density at radius 2 is 0.521 bits per heavy atom. The summed E-state index contributed by atoms with van der Waals surface area (Å²) in [6.45, 7) is 11.8. The Morgan fingerprint density at radius 1 is 0.281 bits per heavy atom. The number of furan rings is 6. The third-order valence-corrected chi connectivity index (χ3v) is 15.6. The molecule has 498 valence electrons. The molecule has 4 aromatic carbocycles. The second-order valence-corrected chi connectivity index (χ2v) is 23.4. The molecule has 0 atom stereocenters. The first-order chi connectivity index (χ1) is 47.5. The minimum atomic E-state index is 0.306. The third-order valence-electron chi connectivity index (χ3n) is 15.6. The minimum absolute atomic E-state index is 0.306. The average molecular weight is 1300 g/mol. The van der Waals surface area contributed by atoms with Crippen LogP contribution in [0, 0.1) is 0 Å². The van der Waals surface area contributed by atoms with Crippen molar-refractivity contribution in [2.45, 2.75) is 105 Å². The van der Waals surface area contributed by atoms with Crippen molar-refractivity contribution >= 4 is 0 Å². The lowest BCUT2D eigenvalue weighted by Crippen LogP contribution is -2.15.